The fourth-order valence-corrected chi connectivity index (χ4v) is 2.99. The number of carbonyl (C=O) groups is 1. The van der Waals surface area contributed by atoms with Gasteiger partial charge in [0.25, 0.3) is 0 Å². The van der Waals surface area contributed by atoms with Crippen molar-refractivity contribution >= 4 is 12.0 Å². The summed E-state index contributed by atoms with van der Waals surface area (Å²) in [5.74, 6) is 0.981. The molecular formula is C18H25NO2. The van der Waals surface area contributed by atoms with Crippen molar-refractivity contribution in [1.82, 2.24) is 4.90 Å². The first-order valence-corrected chi connectivity index (χ1v) is 7.67. The molecule has 1 fully saturated rings. The van der Waals surface area contributed by atoms with Crippen molar-refractivity contribution < 1.29 is 9.53 Å². The van der Waals surface area contributed by atoms with E-state index in [9.17, 15) is 4.79 Å². The highest BCUT2D eigenvalue weighted by Crippen LogP contribution is 2.23. The lowest BCUT2D eigenvalue weighted by Gasteiger charge is -2.32. The van der Waals surface area contributed by atoms with E-state index < -0.39 is 0 Å². The maximum Gasteiger partial charge on any atom is 0.246 e. The predicted octanol–water partition coefficient (Wildman–Crippen LogP) is 3.73. The van der Waals surface area contributed by atoms with Crippen LogP contribution in [0.3, 0.4) is 0 Å². The van der Waals surface area contributed by atoms with Crippen LogP contribution in [0.4, 0.5) is 0 Å². The molecule has 1 heterocycles. The number of hydrogen-bond acceptors (Lipinski definition) is 2. The smallest absolute Gasteiger partial charge is 0.246 e. The lowest BCUT2D eigenvalue weighted by molar-refractivity contribution is -0.129. The standard InChI is InChI=1S/C18H25NO2/c1-13-11-16(21-4)12-14(2)17(13)8-9-18(20)19-10-6-5-7-15(19)3/h8-9,11-12,15H,5-7,10H2,1-4H3/b9-8+. The number of ether oxygens (including phenoxy) is 1. The van der Waals surface area contributed by atoms with Crippen LogP contribution in [0.15, 0.2) is 18.2 Å². The third-order valence-corrected chi connectivity index (χ3v) is 4.28. The van der Waals surface area contributed by atoms with E-state index in [0.717, 1.165) is 41.8 Å². The first-order chi connectivity index (χ1) is 10.0. The molecule has 0 N–H and O–H groups in total. The summed E-state index contributed by atoms with van der Waals surface area (Å²) in [6.45, 7) is 7.10. The maximum absolute atomic E-state index is 12.3. The van der Waals surface area contributed by atoms with Gasteiger partial charge in [-0.3, -0.25) is 4.79 Å². The number of aryl methyl sites for hydroxylation is 2. The Bertz CT molecular complexity index is 525. The average molecular weight is 287 g/mol. The summed E-state index contributed by atoms with van der Waals surface area (Å²) in [7, 11) is 1.67. The Morgan fingerprint density at radius 3 is 2.52 bits per heavy atom. The van der Waals surface area contributed by atoms with Crippen LogP contribution in [-0.2, 0) is 4.79 Å². The van der Waals surface area contributed by atoms with Crippen LogP contribution in [0.5, 0.6) is 5.75 Å². The molecule has 0 aliphatic carbocycles. The molecule has 1 atom stereocenters. The third kappa shape index (κ3) is 3.66. The number of nitrogens with zero attached hydrogens (tertiary/aromatic N) is 1. The molecule has 1 amide bonds. The minimum atomic E-state index is 0.122. The highest BCUT2D eigenvalue weighted by molar-refractivity contribution is 5.92. The van der Waals surface area contributed by atoms with Crippen molar-refractivity contribution in [1.29, 1.82) is 0 Å². The Balaban J connectivity index is 2.15. The minimum Gasteiger partial charge on any atom is -0.497 e. The van der Waals surface area contributed by atoms with Crippen molar-refractivity contribution in [3.8, 4) is 5.75 Å². The summed E-state index contributed by atoms with van der Waals surface area (Å²) in [6.07, 6.45) is 7.10. The van der Waals surface area contributed by atoms with Gasteiger partial charge in [0, 0.05) is 18.7 Å². The summed E-state index contributed by atoms with van der Waals surface area (Å²) >= 11 is 0. The predicted molar refractivity (Wildman–Crippen MR) is 86.5 cm³/mol. The fourth-order valence-electron chi connectivity index (χ4n) is 2.99. The van der Waals surface area contributed by atoms with E-state index in [-0.39, 0.29) is 5.91 Å². The van der Waals surface area contributed by atoms with Crippen molar-refractivity contribution in [3.05, 3.63) is 34.9 Å². The number of likely N-dealkylation sites (tertiary alicyclic amines) is 1. The Labute approximate surface area is 127 Å². The molecule has 3 nitrogen and oxygen atoms in total. The molecular weight excluding hydrogens is 262 g/mol. The van der Waals surface area contributed by atoms with E-state index in [0.29, 0.717) is 6.04 Å². The summed E-state index contributed by atoms with van der Waals surface area (Å²) in [6, 6.07) is 4.36. The van der Waals surface area contributed by atoms with E-state index in [1.165, 1.54) is 6.42 Å². The normalized spacial score (nSPS) is 19.0. The monoisotopic (exact) mass is 287 g/mol. The SMILES string of the molecule is COc1cc(C)c(/C=C/C(=O)N2CCCCC2C)c(C)c1. The molecule has 1 aromatic carbocycles. The van der Waals surface area contributed by atoms with E-state index in [1.807, 2.05) is 37.0 Å². The third-order valence-electron chi connectivity index (χ3n) is 4.28. The molecule has 0 saturated carbocycles. The quantitative estimate of drug-likeness (QED) is 0.793. The highest BCUT2D eigenvalue weighted by atomic mass is 16.5. The molecule has 1 unspecified atom stereocenters. The molecule has 1 aromatic rings. The van der Waals surface area contributed by atoms with Crippen LogP contribution in [0.1, 0.15) is 42.9 Å². The van der Waals surface area contributed by atoms with Crippen molar-refractivity contribution in [2.75, 3.05) is 13.7 Å². The Kier molecular flexibility index (Phi) is 5.05. The zero-order valence-electron chi connectivity index (χ0n) is 13.5. The largest absolute Gasteiger partial charge is 0.497 e. The van der Waals surface area contributed by atoms with Crippen LogP contribution in [0.25, 0.3) is 6.08 Å². The lowest BCUT2D eigenvalue weighted by Crippen LogP contribution is -2.41. The van der Waals surface area contributed by atoms with Crippen LogP contribution in [0.2, 0.25) is 0 Å². The first-order valence-electron chi connectivity index (χ1n) is 7.67. The van der Waals surface area contributed by atoms with Gasteiger partial charge in [-0.2, -0.15) is 0 Å². The van der Waals surface area contributed by atoms with Crippen LogP contribution in [-0.4, -0.2) is 30.5 Å². The average Bonchev–Trinajstić information content (AvgIpc) is 2.46. The van der Waals surface area contributed by atoms with Crippen LogP contribution >= 0.6 is 0 Å². The summed E-state index contributed by atoms with van der Waals surface area (Å²) < 4.78 is 5.27. The van der Waals surface area contributed by atoms with Crippen LogP contribution in [0, 0.1) is 13.8 Å². The summed E-state index contributed by atoms with van der Waals surface area (Å²) in [4.78, 5) is 14.3. The molecule has 1 aliphatic rings. The molecule has 0 spiro atoms. The first kappa shape index (κ1) is 15.6. The summed E-state index contributed by atoms with van der Waals surface area (Å²) in [5.41, 5.74) is 3.36. The molecule has 2 rings (SSSR count). The van der Waals surface area contributed by atoms with E-state index in [2.05, 4.69) is 6.92 Å². The van der Waals surface area contributed by atoms with Gasteiger partial charge in [-0.25, -0.2) is 0 Å². The van der Waals surface area contributed by atoms with Gasteiger partial charge in [-0.05, 0) is 74.9 Å². The topological polar surface area (TPSA) is 29.5 Å². The van der Waals surface area contributed by atoms with Gasteiger partial charge in [0.15, 0.2) is 0 Å². The zero-order chi connectivity index (χ0) is 15.4. The van der Waals surface area contributed by atoms with E-state index in [4.69, 9.17) is 4.74 Å². The van der Waals surface area contributed by atoms with Crippen molar-refractivity contribution in [3.63, 3.8) is 0 Å². The van der Waals surface area contributed by atoms with E-state index >= 15 is 0 Å². The number of rotatable bonds is 3. The van der Waals surface area contributed by atoms with Gasteiger partial charge in [-0.15, -0.1) is 0 Å². The Morgan fingerprint density at radius 2 is 1.95 bits per heavy atom. The molecule has 1 aliphatic heterocycles. The minimum absolute atomic E-state index is 0.122. The Hall–Kier alpha value is -1.77. The lowest BCUT2D eigenvalue weighted by atomic mass is 10.0. The second-order valence-electron chi connectivity index (χ2n) is 5.88. The van der Waals surface area contributed by atoms with Gasteiger partial charge in [0.2, 0.25) is 5.91 Å². The number of methoxy groups -OCH3 is 1. The molecule has 114 valence electrons. The number of amides is 1. The Morgan fingerprint density at radius 1 is 1.29 bits per heavy atom. The van der Waals surface area contributed by atoms with Crippen molar-refractivity contribution in [2.24, 2.45) is 0 Å². The van der Waals surface area contributed by atoms with Gasteiger partial charge in [-0.1, -0.05) is 0 Å². The van der Waals surface area contributed by atoms with Crippen molar-refractivity contribution in [2.45, 2.75) is 46.1 Å². The molecule has 0 bridgehead atoms. The fraction of sp³-hybridized carbons (Fsp3) is 0.500. The van der Waals surface area contributed by atoms with Gasteiger partial charge >= 0.3 is 0 Å². The molecule has 21 heavy (non-hydrogen) atoms. The summed E-state index contributed by atoms with van der Waals surface area (Å²) in [5, 5.41) is 0. The number of hydrogen-bond donors (Lipinski definition) is 0. The second kappa shape index (κ2) is 6.79. The van der Waals surface area contributed by atoms with E-state index in [1.54, 1.807) is 13.2 Å². The van der Waals surface area contributed by atoms with Gasteiger partial charge < -0.3 is 9.64 Å². The molecule has 3 heteroatoms. The van der Waals surface area contributed by atoms with Gasteiger partial charge in [0.05, 0.1) is 7.11 Å². The molecule has 0 radical (unpaired) electrons. The van der Waals surface area contributed by atoms with Crippen LogP contribution < -0.4 is 4.74 Å². The van der Waals surface area contributed by atoms with Gasteiger partial charge in [0.1, 0.15) is 5.75 Å². The number of benzene rings is 1. The molecule has 1 saturated heterocycles. The second-order valence-corrected chi connectivity index (χ2v) is 5.88. The number of carbonyl (C=O) groups excluding carboxylic acids is 1. The number of piperidine rings is 1. The maximum atomic E-state index is 12.3. The highest BCUT2D eigenvalue weighted by Gasteiger charge is 2.21. The molecule has 0 aromatic heterocycles. The zero-order valence-corrected chi connectivity index (χ0v) is 13.5.